The van der Waals surface area contributed by atoms with Gasteiger partial charge in [-0.15, -0.1) is 0 Å². The number of primary amides is 1. The minimum atomic E-state index is -4.13. The number of aryl methyl sites for hydroxylation is 1. The number of carbonyl (C=O) groups is 1. The molecular formula is C12H15FN2O4S. The predicted octanol–water partition coefficient (Wildman–Crippen LogP) is 0.00892. The molecule has 1 aromatic rings. The fraction of sp³-hybridized carbons (Fsp3) is 0.417. The van der Waals surface area contributed by atoms with Gasteiger partial charge in [0.05, 0.1) is 13.2 Å². The van der Waals surface area contributed by atoms with Crippen LogP contribution in [0, 0.1) is 12.7 Å². The molecule has 6 nitrogen and oxygen atoms in total. The van der Waals surface area contributed by atoms with Crippen molar-refractivity contribution in [2.75, 3.05) is 19.8 Å². The third-order valence-corrected chi connectivity index (χ3v) is 5.02. The predicted molar refractivity (Wildman–Crippen MR) is 68.8 cm³/mol. The first kappa shape index (κ1) is 14.9. The summed E-state index contributed by atoms with van der Waals surface area (Å²) in [4.78, 5) is 10.9. The number of hydrogen-bond acceptors (Lipinski definition) is 4. The molecule has 20 heavy (non-hydrogen) atoms. The van der Waals surface area contributed by atoms with Gasteiger partial charge in [-0.2, -0.15) is 4.31 Å². The first-order valence-electron chi connectivity index (χ1n) is 5.99. The van der Waals surface area contributed by atoms with E-state index in [4.69, 9.17) is 10.5 Å². The molecule has 1 atom stereocenters. The number of carbonyl (C=O) groups excluding carboxylic acids is 1. The molecule has 0 bridgehead atoms. The van der Waals surface area contributed by atoms with Gasteiger partial charge >= 0.3 is 0 Å². The number of amides is 1. The molecule has 0 spiro atoms. The SMILES string of the molecule is Cc1ccc(S(=O)(=O)N2CCOC[C@H]2C(N)=O)c(F)c1. The highest BCUT2D eigenvalue weighted by Crippen LogP contribution is 2.23. The van der Waals surface area contributed by atoms with Gasteiger partial charge in [-0.1, -0.05) is 6.07 Å². The van der Waals surface area contributed by atoms with Gasteiger partial charge in [0.25, 0.3) is 0 Å². The van der Waals surface area contributed by atoms with E-state index in [-0.39, 0.29) is 19.8 Å². The average Bonchev–Trinajstić information content (AvgIpc) is 2.38. The summed E-state index contributed by atoms with van der Waals surface area (Å²) in [6, 6.07) is 2.70. The molecule has 0 unspecified atom stereocenters. The van der Waals surface area contributed by atoms with Gasteiger partial charge in [-0.3, -0.25) is 4.79 Å². The zero-order chi connectivity index (χ0) is 14.9. The van der Waals surface area contributed by atoms with Crippen LogP contribution in [0.25, 0.3) is 0 Å². The van der Waals surface area contributed by atoms with Crippen LogP contribution in [0.15, 0.2) is 23.1 Å². The lowest BCUT2D eigenvalue weighted by molar-refractivity contribution is -0.125. The highest BCUT2D eigenvalue weighted by atomic mass is 32.2. The molecule has 1 fully saturated rings. The smallest absolute Gasteiger partial charge is 0.246 e. The normalized spacial score (nSPS) is 20.8. The Morgan fingerprint density at radius 1 is 1.50 bits per heavy atom. The summed E-state index contributed by atoms with van der Waals surface area (Å²) in [5.41, 5.74) is 5.78. The summed E-state index contributed by atoms with van der Waals surface area (Å²) < 4.78 is 44.7. The van der Waals surface area contributed by atoms with Crippen LogP contribution < -0.4 is 5.73 Å². The standard InChI is InChI=1S/C12H15FN2O4S/c1-8-2-3-11(9(13)6-8)20(17,18)15-4-5-19-7-10(15)12(14)16/h2-3,6,10H,4-5,7H2,1H3,(H2,14,16)/t10-/m0/s1. The Labute approximate surface area is 116 Å². The Kier molecular flexibility index (Phi) is 4.07. The van der Waals surface area contributed by atoms with E-state index in [1.54, 1.807) is 6.92 Å². The van der Waals surface area contributed by atoms with Gasteiger partial charge in [0, 0.05) is 6.54 Å². The van der Waals surface area contributed by atoms with Crippen molar-refractivity contribution >= 4 is 15.9 Å². The second-order valence-electron chi connectivity index (χ2n) is 4.54. The number of halogens is 1. The molecule has 1 aliphatic rings. The average molecular weight is 302 g/mol. The second kappa shape index (κ2) is 5.47. The maximum absolute atomic E-state index is 13.9. The molecule has 110 valence electrons. The molecule has 2 rings (SSSR count). The lowest BCUT2D eigenvalue weighted by Crippen LogP contribution is -2.54. The monoisotopic (exact) mass is 302 g/mol. The number of benzene rings is 1. The lowest BCUT2D eigenvalue weighted by atomic mass is 10.2. The molecule has 0 radical (unpaired) electrons. The summed E-state index contributed by atoms with van der Waals surface area (Å²) in [5, 5.41) is 0. The molecule has 0 saturated carbocycles. The van der Waals surface area contributed by atoms with E-state index < -0.39 is 32.7 Å². The van der Waals surface area contributed by atoms with Crippen molar-refractivity contribution in [2.45, 2.75) is 17.9 Å². The zero-order valence-corrected chi connectivity index (χ0v) is 11.7. The van der Waals surface area contributed by atoms with Gasteiger partial charge in [0.1, 0.15) is 16.8 Å². The Balaban J connectivity index is 2.45. The van der Waals surface area contributed by atoms with E-state index in [9.17, 15) is 17.6 Å². The van der Waals surface area contributed by atoms with E-state index in [0.717, 1.165) is 10.4 Å². The first-order valence-corrected chi connectivity index (χ1v) is 7.43. The van der Waals surface area contributed by atoms with Gasteiger partial charge in [-0.25, -0.2) is 12.8 Å². The van der Waals surface area contributed by atoms with Crippen LogP contribution in [0.4, 0.5) is 4.39 Å². The molecular weight excluding hydrogens is 287 g/mol. The maximum Gasteiger partial charge on any atom is 0.246 e. The van der Waals surface area contributed by atoms with Crippen molar-refractivity contribution in [3.05, 3.63) is 29.6 Å². The second-order valence-corrected chi connectivity index (χ2v) is 6.40. The number of nitrogens with two attached hydrogens (primary N) is 1. The number of sulfonamides is 1. The summed E-state index contributed by atoms with van der Waals surface area (Å²) in [6.07, 6.45) is 0. The van der Waals surface area contributed by atoms with Crippen LogP contribution in [-0.2, 0) is 19.6 Å². The van der Waals surface area contributed by atoms with Crippen LogP contribution >= 0.6 is 0 Å². The third-order valence-electron chi connectivity index (χ3n) is 3.08. The van der Waals surface area contributed by atoms with Crippen molar-refractivity contribution < 1.29 is 22.3 Å². The quantitative estimate of drug-likeness (QED) is 0.851. The Bertz CT molecular complexity index is 632. The summed E-state index contributed by atoms with van der Waals surface area (Å²) in [6.45, 7) is 1.63. The van der Waals surface area contributed by atoms with Crippen LogP contribution in [0.1, 0.15) is 5.56 Å². The van der Waals surface area contributed by atoms with Crippen molar-refractivity contribution in [3.8, 4) is 0 Å². The van der Waals surface area contributed by atoms with Crippen molar-refractivity contribution in [2.24, 2.45) is 5.73 Å². The highest BCUT2D eigenvalue weighted by molar-refractivity contribution is 7.89. The number of hydrogen-bond donors (Lipinski definition) is 1. The maximum atomic E-state index is 13.9. The van der Waals surface area contributed by atoms with E-state index in [1.165, 1.54) is 12.1 Å². The summed E-state index contributed by atoms with van der Waals surface area (Å²) in [7, 11) is -4.13. The van der Waals surface area contributed by atoms with Crippen molar-refractivity contribution in [3.63, 3.8) is 0 Å². The summed E-state index contributed by atoms with van der Waals surface area (Å²) in [5.74, 6) is -1.67. The Morgan fingerprint density at radius 3 is 2.80 bits per heavy atom. The van der Waals surface area contributed by atoms with Crippen LogP contribution in [0.5, 0.6) is 0 Å². The lowest BCUT2D eigenvalue weighted by Gasteiger charge is -2.32. The van der Waals surface area contributed by atoms with E-state index in [1.807, 2.05) is 0 Å². The van der Waals surface area contributed by atoms with Crippen LogP contribution in [0.3, 0.4) is 0 Å². The minimum absolute atomic E-state index is 0.0384. The van der Waals surface area contributed by atoms with E-state index in [0.29, 0.717) is 5.56 Å². The largest absolute Gasteiger partial charge is 0.378 e. The van der Waals surface area contributed by atoms with Gasteiger partial charge < -0.3 is 10.5 Å². The van der Waals surface area contributed by atoms with Crippen molar-refractivity contribution in [1.29, 1.82) is 0 Å². The molecule has 1 amide bonds. The first-order chi connectivity index (χ1) is 9.34. The fourth-order valence-corrected chi connectivity index (χ4v) is 3.65. The third kappa shape index (κ3) is 2.67. The number of morpholine rings is 1. The molecule has 1 aliphatic heterocycles. The topological polar surface area (TPSA) is 89.7 Å². The Hall–Kier alpha value is -1.51. The number of ether oxygens (including phenoxy) is 1. The van der Waals surface area contributed by atoms with E-state index >= 15 is 0 Å². The fourth-order valence-electron chi connectivity index (χ4n) is 2.04. The van der Waals surface area contributed by atoms with Crippen LogP contribution in [-0.4, -0.2) is 44.4 Å². The number of rotatable bonds is 3. The molecule has 0 aliphatic carbocycles. The molecule has 1 heterocycles. The van der Waals surface area contributed by atoms with Crippen molar-refractivity contribution in [1.82, 2.24) is 4.31 Å². The van der Waals surface area contributed by atoms with Gasteiger partial charge in [0.15, 0.2) is 0 Å². The Morgan fingerprint density at radius 2 is 2.20 bits per heavy atom. The molecule has 1 saturated heterocycles. The number of nitrogens with zero attached hydrogens (tertiary/aromatic N) is 1. The van der Waals surface area contributed by atoms with Gasteiger partial charge in [0.2, 0.25) is 15.9 Å². The zero-order valence-electron chi connectivity index (χ0n) is 10.9. The van der Waals surface area contributed by atoms with Crippen LogP contribution in [0.2, 0.25) is 0 Å². The van der Waals surface area contributed by atoms with Gasteiger partial charge in [-0.05, 0) is 24.6 Å². The molecule has 0 aromatic heterocycles. The molecule has 8 heteroatoms. The minimum Gasteiger partial charge on any atom is -0.378 e. The molecule has 1 aromatic carbocycles. The molecule has 2 N–H and O–H groups in total. The highest BCUT2D eigenvalue weighted by Gasteiger charge is 2.38. The summed E-state index contributed by atoms with van der Waals surface area (Å²) >= 11 is 0. The van der Waals surface area contributed by atoms with E-state index in [2.05, 4.69) is 0 Å².